The van der Waals surface area contributed by atoms with Crippen LogP contribution < -0.4 is 16.2 Å². The average molecular weight is 285 g/mol. The first-order valence-corrected chi connectivity index (χ1v) is 7.48. The highest BCUT2D eigenvalue weighted by Gasteiger charge is 2.20. The van der Waals surface area contributed by atoms with Gasteiger partial charge in [0.2, 0.25) is 15.9 Å². The van der Waals surface area contributed by atoms with Gasteiger partial charge in [0.15, 0.2) is 0 Å². The Morgan fingerprint density at radius 1 is 1.42 bits per heavy atom. The van der Waals surface area contributed by atoms with E-state index in [0.29, 0.717) is 0 Å². The van der Waals surface area contributed by atoms with Crippen LogP contribution in [0.2, 0.25) is 0 Å². The molecule has 7 heteroatoms. The minimum Gasteiger partial charge on any atom is -0.398 e. The highest BCUT2D eigenvalue weighted by Crippen LogP contribution is 2.20. The molecule has 5 N–H and O–H groups in total. The maximum Gasteiger partial charge on any atom is 0.248 e. The molecule has 0 radical (unpaired) electrons. The van der Waals surface area contributed by atoms with Crippen molar-refractivity contribution >= 4 is 21.6 Å². The van der Waals surface area contributed by atoms with Crippen LogP contribution in [-0.2, 0) is 10.0 Å². The molecular weight excluding hydrogens is 266 g/mol. The third kappa shape index (κ3) is 3.93. The number of nitrogens with one attached hydrogen (secondary N) is 1. The number of anilines is 1. The standard InChI is InChI=1S/C12H19N3O3S/c1-3-4-8(2)15-19(17,18)11-6-5-9(12(14)16)7-10(11)13/h5-8,15H,3-4,13H2,1-2H3,(H2,14,16). The molecule has 6 nitrogen and oxygen atoms in total. The van der Waals surface area contributed by atoms with Gasteiger partial charge in [0.1, 0.15) is 4.90 Å². The predicted octanol–water partition coefficient (Wildman–Crippen LogP) is 0.835. The lowest BCUT2D eigenvalue weighted by Crippen LogP contribution is -2.33. The van der Waals surface area contributed by atoms with E-state index in [1.165, 1.54) is 18.2 Å². The zero-order valence-corrected chi connectivity index (χ0v) is 11.8. The molecule has 1 aromatic rings. The molecule has 0 aliphatic rings. The van der Waals surface area contributed by atoms with Crippen molar-refractivity contribution in [3.05, 3.63) is 23.8 Å². The molecular formula is C12H19N3O3S. The van der Waals surface area contributed by atoms with Crippen molar-refractivity contribution in [1.29, 1.82) is 0 Å². The van der Waals surface area contributed by atoms with Crippen LogP contribution in [0, 0.1) is 0 Å². The Morgan fingerprint density at radius 3 is 2.53 bits per heavy atom. The third-order valence-corrected chi connectivity index (χ3v) is 4.33. The largest absolute Gasteiger partial charge is 0.398 e. The summed E-state index contributed by atoms with van der Waals surface area (Å²) in [5, 5.41) is 0. The van der Waals surface area contributed by atoms with Gasteiger partial charge in [-0.3, -0.25) is 4.79 Å². The molecule has 1 aromatic carbocycles. The van der Waals surface area contributed by atoms with Crippen LogP contribution in [0.3, 0.4) is 0 Å². The lowest BCUT2D eigenvalue weighted by atomic mass is 10.2. The van der Waals surface area contributed by atoms with E-state index < -0.39 is 15.9 Å². The monoisotopic (exact) mass is 285 g/mol. The van der Waals surface area contributed by atoms with Crippen LogP contribution >= 0.6 is 0 Å². The second-order valence-electron chi connectivity index (χ2n) is 4.43. The number of primary amides is 1. The summed E-state index contributed by atoms with van der Waals surface area (Å²) in [5.41, 5.74) is 11.0. The number of benzene rings is 1. The van der Waals surface area contributed by atoms with E-state index in [4.69, 9.17) is 11.5 Å². The molecule has 0 aliphatic carbocycles. The van der Waals surface area contributed by atoms with E-state index in [1.54, 1.807) is 6.92 Å². The first kappa shape index (κ1) is 15.5. The summed E-state index contributed by atoms with van der Waals surface area (Å²) >= 11 is 0. The number of nitrogen functional groups attached to an aromatic ring is 1. The van der Waals surface area contributed by atoms with Crippen LogP contribution in [0.1, 0.15) is 37.0 Å². The number of hydrogen-bond acceptors (Lipinski definition) is 4. The van der Waals surface area contributed by atoms with Crippen molar-refractivity contribution in [2.24, 2.45) is 5.73 Å². The molecule has 1 amide bonds. The summed E-state index contributed by atoms with van der Waals surface area (Å²) in [6, 6.07) is 3.72. The van der Waals surface area contributed by atoms with Gasteiger partial charge in [-0.1, -0.05) is 13.3 Å². The Kier molecular flexibility index (Phi) is 4.90. The van der Waals surface area contributed by atoms with E-state index in [2.05, 4.69) is 4.72 Å². The smallest absolute Gasteiger partial charge is 0.248 e. The van der Waals surface area contributed by atoms with E-state index in [-0.39, 0.29) is 22.2 Å². The van der Waals surface area contributed by atoms with Gasteiger partial charge in [0.05, 0.1) is 5.69 Å². The Balaban J connectivity index is 3.05. The summed E-state index contributed by atoms with van der Waals surface area (Å²) in [5.74, 6) is -0.650. The quantitative estimate of drug-likeness (QED) is 0.671. The number of rotatable bonds is 6. The molecule has 0 aromatic heterocycles. The van der Waals surface area contributed by atoms with Crippen LogP contribution in [-0.4, -0.2) is 20.4 Å². The van der Waals surface area contributed by atoms with Crippen molar-refractivity contribution in [1.82, 2.24) is 4.72 Å². The van der Waals surface area contributed by atoms with Crippen LogP contribution in [0.5, 0.6) is 0 Å². The van der Waals surface area contributed by atoms with E-state index in [0.717, 1.165) is 12.8 Å². The minimum atomic E-state index is -3.68. The van der Waals surface area contributed by atoms with Crippen molar-refractivity contribution in [3.63, 3.8) is 0 Å². The SMILES string of the molecule is CCCC(C)NS(=O)(=O)c1ccc(C(N)=O)cc1N. The Hall–Kier alpha value is -1.60. The molecule has 106 valence electrons. The van der Waals surface area contributed by atoms with Gasteiger partial charge in [-0.05, 0) is 31.5 Å². The number of hydrogen-bond donors (Lipinski definition) is 3. The Labute approximate surface area is 113 Å². The zero-order chi connectivity index (χ0) is 14.6. The van der Waals surface area contributed by atoms with Gasteiger partial charge in [-0.2, -0.15) is 0 Å². The van der Waals surface area contributed by atoms with Crippen molar-refractivity contribution in [3.8, 4) is 0 Å². The first-order valence-electron chi connectivity index (χ1n) is 5.99. The average Bonchev–Trinajstić information content (AvgIpc) is 2.27. The van der Waals surface area contributed by atoms with Crippen molar-refractivity contribution in [2.45, 2.75) is 37.6 Å². The molecule has 1 unspecified atom stereocenters. The summed E-state index contributed by atoms with van der Waals surface area (Å²) in [7, 11) is -3.68. The summed E-state index contributed by atoms with van der Waals surface area (Å²) < 4.78 is 26.8. The van der Waals surface area contributed by atoms with E-state index in [1.807, 2.05) is 6.92 Å². The lowest BCUT2D eigenvalue weighted by Gasteiger charge is -2.14. The van der Waals surface area contributed by atoms with Crippen LogP contribution in [0.4, 0.5) is 5.69 Å². The van der Waals surface area contributed by atoms with Crippen molar-refractivity contribution < 1.29 is 13.2 Å². The predicted molar refractivity (Wildman–Crippen MR) is 74.1 cm³/mol. The maximum absolute atomic E-state index is 12.1. The summed E-state index contributed by atoms with van der Waals surface area (Å²) in [4.78, 5) is 10.9. The second kappa shape index (κ2) is 6.03. The molecule has 0 aliphatic heterocycles. The fraction of sp³-hybridized carbons (Fsp3) is 0.417. The van der Waals surface area contributed by atoms with Crippen molar-refractivity contribution in [2.75, 3.05) is 5.73 Å². The number of sulfonamides is 1. The highest BCUT2D eigenvalue weighted by atomic mass is 32.2. The topological polar surface area (TPSA) is 115 Å². The highest BCUT2D eigenvalue weighted by molar-refractivity contribution is 7.89. The molecule has 0 bridgehead atoms. The maximum atomic E-state index is 12.1. The lowest BCUT2D eigenvalue weighted by molar-refractivity contribution is 0.1000. The van der Waals surface area contributed by atoms with Gasteiger partial charge in [0.25, 0.3) is 0 Å². The zero-order valence-electron chi connectivity index (χ0n) is 11.0. The Bertz CT molecular complexity index is 570. The van der Waals surface area contributed by atoms with Crippen LogP contribution in [0.15, 0.2) is 23.1 Å². The van der Waals surface area contributed by atoms with Gasteiger partial charge >= 0.3 is 0 Å². The van der Waals surface area contributed by atoms with Gasteiger partial charge in [0, 0.05) is 11.6 Å². The fourth-order valence-corrected chi connectivity index (χ4v) is 3.16. The minimum absolute atomic E-state index is 0.00694. The Morgan fingerprint density at radius 2 is 2.05 bits per heavy atom. The van der Waals surface area contributed by atoms with Gasteiger partial charge in [-0.25, -0.2) is 13.1 Å². The van der Waals surface area contributed by atoms with Gasteiger partial charge in [-0.15, -0.1) is 0 Å². The number of amides is 1. The fourth-order valence-electron chi connectivity index (χ4n) is 1.77. The number of nitrogens with two attached hydrogens (primary N) is 2. The van der Waals surface area contributed by atoms with E-state index >= 15 is 0 Å². The second-order valence-corrected chi connectivity index (χ2v) is 6.11. The first-order chi connectivity index (χ1) is 8.77. The molecule has 0 fully saturated rings. The number of carbonyl (C=O) groups excluding carboxylic acids is 1. The molecule has 0 saturated carbocycles. The normalized spacial score (nSPS) is 13.2. The molecule has 1 atom stereocenters. The molecule has 19 heavy (non-hydrogen) atoms. The molecule has 0 heterocycles. The van der Waals surface area contributed by atoms with Crippen LogP contribution in [0.25, 0.3) is 0 Å². The third-order valence-electron chi connectivity index (χ3n) is 2.66. The number of carbonyl (C=O) groups is 1. The molecule has 0 saturated heterocycles. The van der Waals surface area contributed by atoms with E-state index in [9.17, 15) is 13.2 Å². The summed E-state index contributed by atoms with van der Waals surface area (Å²) in [6.07, 6.45) is 1.61. The molecule has 0 spiro atoms. The molecule has 1 rings (SSSR count). The summed E-state index contributed by atoms with van der Waals surface area (Å²) in [6.45, 7) is 3.76. The van der Waals surface area contributed by atoms with Gasteiger partial charge < -0.3 is 11.5 Å².